The maximum atomic E-state index is 12.0. The van der Waals surface area contributed by atoms with Crippen molar-refractivity contribution in [3.05, 3.63) is 24.3 Å². The molecule has 0 radical (unpaired) electrons. The fourth-order valence-electron chi connectivity index (χ4n) is 1.48. The van der Waals surface area contributed by atoms with Gasteiger partial charge in [-0.05, 0) is 30.2 Å². The largest absolute Gasteiger partial charge is 0.573 e. The summed E-state index contributed by atoms with van der Waals surface area (Å²) in [7, 11) is 0. The van der Waals surface area contributed by atoms with Gasteiger partial charge in [-0.2, -0.15) is 0 Å². The number of nitrogens with two attached hydrogens (primary N) is 1. The minimum atomic E-state index is -4.70. The average molecular weight is 447 g/mol. The lowest BCUT2D eigenvalue weighted by Gasteiger charge is -2.10. The number of rotatable bonds is 7. The molecule has 0 aromatic heterocycles. The molecular weight excluding hydrogens is 426 g/mol. The van der Waals surface area contributed by atoms with E-state index in [0.717, 1.165) is 0 Å². The molecule has 0 saturated heterocycles. The standard InChI is InChI=1S/C14H20F3N3O2.HI/c1-10(2)9-21-8-7-19-13(18)20-11-3-5-12(6-4-11)22-14(15,16)17;/h3-6,10H,7-9H2,1-2H3,(H3,18,19,20);1H. The Kier molecular flexibility index (Phi) is 9.96. The van der Waals surface area contributed by atoms with E-state index in [1.54, 1.807) is 0 Å². The maximum Gasteiger partial charge on any atom is 0.573 e. The zero-order valence-electron chi connectivity index (χ0n) is 12.9. The molecule has 0 heterocycles. The van der Waals surface area contributed by atoms with Crippen LogP contribution in [0.1, 0.15) is 13.8 Å². The fourth-order valence-corrected chi connectivity index (χ4v) is 1.48. The number of hydrogen-bond donors (Lipinski definition) is 2. The Morgan fingerprint density at radius 3 is 2.39 bits per heavy atom. The quantitative estimate of drug-likeness (QED) is 0.290. The Bertz CT molecular complexity index is 479. The highest BCUT2D eigenvalue weighted by molar-refractivity contribution is 14.0. The van der Waals surface area contributed by atoms with Crippen LogP contribution >= 0.6 is 24.0 Å². The Balaban J connectivity index is 0.00000484. The van der Waals surface area contributed by atoms with Crippen LogP contribution in [0.4, 0.5) is 18.9 Å². The number of nitrogens with zero attached hydrogens (tertiary/aromatic N) is 1. The fraction of sp³-hybridized carbons (Fsp3) is 0.500. The van der Waals surface area contributed by atoms with Crippen LogP contribution in [0.2, 0.25) is 0 Å². The summed E-state index contributed by atoms with van der Waals surface area (Å²) in [6.07, 6.45) is -4.70. The predicted molar refractivity (Wildman–Crippen MR) is 94.3 cm³/mol. The minimum absolute atomic E-state index is 0. The maximum absolute atomic E-state index is 12.0. The van der Waals surface area contributed by atoms with Crippen LogP contribution in [0.15, 0.2) is 29.3 Å². The van der Waals surface area contributed by atoms with Crippen LogP contribution in [0.5, 0.6) is 5.75 Å². The van der Waals surface area contributed by atoms with Gasteiger partial charge >= 0.3 is 6.36 Å². The zero-order valence-corrected chi connectivity index (χ0v) is 15.2. The third-order valence-corrected chi connectivity index (χ3v) is 2.33. The molecule has 0 amide bonds. The molecular formula is C14H21F3IN3O2. The normalized spacial score (nSPS) is 12.0. The summed E-state index contributed by atoms with van der Waals surface area (Å²) in [6.45, 7) is 5.61. The summed E-state index contributed by atoms with van der Waals surface area (Å²) in [5.74, 6) is 0.324. The molecule has 1 rings (SSSR count). The third-order valence-electron chi connectivity index (χ3n) is 2.33. The molecule has 9 heteroatoms. The number of guanidine groups is 1. The van der Waals surface area contributed by atoms with E-state index in [-0.39, 0.29) is 35.7 Å². The van der Waals surface area contributed by atoms with Crippen LogP contribution in [0.25, 0.3) is 0 Å². The van der Waals surface area contributed by atoms with Crippen molar-refractivity contribution in [1.82, 2.24) is 0 Å². The third kappa shape index (κ3) is 11.0. The molecule has 0 aliphatic heterocycles. The molecule has 23 heavy (non-hydrogen) atoms. The van der Waals surface area contributed by atoms with E-state index >= 15 is 0 Å². The van der Waals surface area contributed by atoms with Crippen molar-refractivity contribution in [2.45, 2.75) is 20.2 Å². The number of alkyl halides is 3. The second kappa shape index (κ2) is 10.5. The van der Waals surface area contributed by atoms with Gasteiger partial charge in [0.1, 0.15) is 5.75 Å². The number of anilines is 1. The molecule has 3 N–H and O–H groups in total. The number of halogens is 4. The summed E-state index contributed by atoms with van der Waals surface area (Å²) < 4.78 is 45.2. The van der Waals surface area contributed by atoms with Gasteiger partial charge in [0, 0.05) is 12.3 Å². The number of hydrogen-bond acceptors (Lipinski definition) is 3. The van der Waals surface area contributed by atoms with Gasteiger partial charge in [-0.1, -0.05) is 13.8 Å². The predicted octanol–water partition coefficient (Wildman–Crippen LogP) is 3.60. The van der Waals surface area contributed by atoms with E-state index in [4.69, 9.17) is 10.5 Å². The number of nitrogens with one attached hydrogen (secondary N) is 1. The van der Waals surface area contributed by atoms with Crippen molar-refractivity contribution in [3.8, 4) is 5.75 Å². The first-order valence-electron chi connectivity index (χ1n) is 6.77. The molecule has 0 saturated carbocycles. The Morgan fingerprint density at radius 2 is 1.87 bits per heavy atom. The first-order chi connectivity index (χ1) is 10.3. The van der Waals surface area contributed by atoms with Crippen LogP contribution < -0.4 is 15.8 Å². The van der Waals surface area contributed by atoms with Crippen LogP contribution in [-0.4, -0.2) is 32.1 Å². The number of aliphatic imine (C=N–C) groups is 1. The lowest BCUT2D eigenvalue weighted by molar-refractivity contribution is -0.274. The highest BCUT2D eigenvalue weighted by atomic mass is 127. The Morgan fingerprint density at radius 1 is 1.26 bits per heavy atom. The van der Waals surface area contributed by atoms with E-state index in [0.29, 0.717) is 31.4 Å². The highest BCUT2D eigenvalue weighted by Crippen LogP contribution is 2.23. The van der Waals surface area contributed by atoms with Crippen molar-refractivity contribution >= 4 is 35.6 Å². The topological polar surface area (TPSA) is 68.9 Å². The summed E-state index contributed by atoms with van der Waals surface area (Å²) in [5, 5.41) is 2.77. The van der Waals surface area contributed by atoms with E-state index in [1.807, 2.05) is 13.8 Å². The second-order valence-electron chi connectivity index (χ2n) is 4.93. The first kappa shape index (κ1) is 21.8. The van der Waals surface area contributed by atoms with Gasteiger partial charge in [-0.15, -0.1) is 37.1 Å². The minimum Gasteiger partial charge on any atom is -0.406 e. The van der Waals surface area contributed by atoms with Crippen LogP contribution in [0.3, 0.4) is 0 Å². The molecule has 0 atom stereocenters. The lowest BCUT2D eigenvalue weighted by Crippen LogP contribution is -2.23. The van der Waals surface area contributed by atoms with E-state index < -0.39 is 6.36 Å². The van der Waals surface area contributed by atoms with Gasteiger partial charge in [-0.3, -0.25) is 4.99 Å². The summed E-state index contributed by atoms with van der Waals surface area (Å²) in [5.41, 5.74) is 6.17. The molecule has 1 aromatic carbocycles. The molecule has 0 fully saturated rings. The van der Waals surface area contributed by atoms with E-state index in [2.05, 4.69) is 15.0 Å². The van der Waals surface area contributed by atoms with Crippen molar-refractivity contribution < 1.29 is 22.6 Å². The SMILES string of the molecule is CC(C)COCCN=C(N)Nc1ccc(OC(F)(F)F)cc1.I. The molecule has 0 unspecified atom stereocenters. The molecule has 0 aliphatic rings. The van der Waals surface area contributed by atoms with Gasteiger partial charge in [0.25, 0.3) is 0 Å². The number of ether oxygens (including phenoxy) is 2. The van der Waals surface area contributed by atoms with E-state index in [1.165, 1.54) is 24.3 Å². The monoisotopic (exact) mass is 447 g/mol. The molecule has 5 nitrogen and oxygen atoms in total. The molecule has 1 aromatic rings. The molecule has 0 bridgehead atoms. The summed E-state index contributed by atoms with van der Waals surface area (Å²) in [4.78, 5) is 4.05. The van der Waals surface area contributed by atoms with Gasteiger partial charge in [0.05, 0.1) is 13.2 Å². The van der Waals surface area contributed by atoms with Crippen LogP contribution in [0, 0.1) is 5.92 Å². The Hall–Kier alpha value is -1.23. The van der Waals surface area contributed by atoms with Gasteiger partial charge in [0.15, 0.2) is 5.96 Å². The average Bonchev–Trinajstić information content (AvgIpc) is 2.38. The van der Waals surface area contributed by atoms with E-state index in [9.17, 15) is 13.2 Å². The Labute approximate surface area is 150 Å². The highest BCUT2D eigenvalue weighted by Gasteiger charge is 2.30. The van der Waals surface area contributed by atoms with Crippen molar-refractivity contribution in [2.24, 2.45) is 16.6 Å². The summed E-state index contributed by atoms with van der Waals surface area (Å²) in [6, 6.07) is 5.21. The zero-order chi connectivity index (χ0) is 16.6. The van der Waals surface area contributed by atoms with Gasteiger partial charge in [-0.25, -0.2) is 0 Å². The second-order valence-corrected chi connectivity index (χ2v) is 4.93. The van der Waals surface area contributed by atoms with Crippen molar-refractivity contribution in [2.75, 3.05) is 25.1 Å². The lowest BCUT2D eigenvalue weighted by atomic mass is 10.2. The van der Waals surface area contributed by atoms with Crippen LogP contribution in [-0.2, 0) is 4.74 Å². The summed E-state index contributed by atoms with van der Waals surface area (Å²) >= 11 is 0. The van der Waals surface area contributed by atoms with Gasteiger partial charge < -0.3 is 20.5 Å². The first-order valence-corrected chi connectivity index (χ1v) is 6.77. The smallest absolute Gasteiger partial charge is 0.406 e. The number of benzene rings is 1. The van der Waals surface area contributed by atoms with Gasteiger partial charge in [0.2, 0.25) is 0 Å². The van der Waals surface area contributed by atoms with Crippen molar-refractivity contribution in [1.29, 1.82) is 0 Å². The molecule has 0 spiro atoms. The molecule has 0 aliphatic carbocycles. The van der Waals surface area contributed by atoms with Crippen molar-refractivity contribution in [3.63, 3.8) is 0 Å². The molecule has 132 valence electrons.